The number of hydrogen-bond acceptors (Lipinski definition) is 4. The first kappa shape index (κ1) is 15.8. The van der Waals surface area contributed by atoms with Crippen molar-refractivity contribution in [1.82, 2.24) is 10.3 Å². The Bertz CT molecular complexity index is 610. The predicted molar refractivity (Wildman–Crippen MR) is 83.7 cm³/mol. The zero-order valence-electron chi connectivity index (χ0n) is 12.5. The van der Waals surface area contributed by atoms with Crippen molar-refractivity contribution in [3.63, 3.8) is 0 Å². The molecule has 22 heavy (non-hydrogen) atoms. The highest BCUT2D eigenvalue weighted by atomic mass is 16.5. The molecule has 2 rings (SSSR count). The largest absolute Gasteiger partial charge is 0.481 e. The summed E-state index contributed by atoms with van der Waals surface area (Å²) in [7, 11) is 1.53. The average Bonchev–Trinajstić information content (AvgIpc) is 2.54. The summed E-state index contributed by atoms with van der Waals surface area (Å²) in [6.45, 7) is 2.11. The number of pyridine rings is 1. The van der Waals surface area contributed by atoms with Crippen LogP contribution >= 0.6 is 0 Å². The molecule has 6 nitrogen and oxygen atoms in total. The first-order valence-electron chi connectivity index (χ1n) is 6.90. The smallest absolute Gasteiger partial charge is 0.319 e. The van der Waals surface area contributed by atoms with Crippen molar-refractivity contribution in [2.24, 2.45) is 0 Å². The van der Waals surface area contributed by atoms with Gasteiger partial charge < -0.3 is 20.5 Å². The molecule has 0 unspecified atom stereocenters. The standard InChI is InChI=1S/C16H19N3O3/c1-11(20)13-5-3-12(4-6-13)9-18-16(21)19-14-7-8-15(22-2)17-10-14/h3-8,10-11,20H,9H2,1-2H3,(H2,18,19,21)/t11-/m1/s1. The Labute approximate surface area is 129 Å². The van der Waals surface area contributed by atoms with E-state index in [1.54, 1.807) is 19.1 Å². The molecule has 0 saturated heterocycles. The maximum atomic E-state index is 11.8. The van der Waals surface area contributed by atoms with Crippen molar-refractivity contribution in [2.75, 3.05) is 12.4 Å². The van der Waals surface area contributed by atoms with Gasteiger partial charge in [0.1, 0.15) is 0 Å². The highest BCUT2D eigenvalue weighted by molar-refractivity contribution is 5.88. The van der Waals surface area contributed by atoms with Crippen molar-refractivity contribution in [3.8, 4) is 5.88 Å². The number of aliphatic hydroxyl groups is 1. The summed E-state index contributed by atoms with van der Waals surface area (Å²) >= 11 is 0. The number of urea groups is 1. The SMILES string of the molecule is COc1ccc(NC(=O)NCc2ccc([C@@H](C)O)cc2)cn1. The molecular weight excluding hydrogens is 282 g/mol. The molecule has 1 heterocycles. The maximum absolute atomic E-state index is 11.8. The molecule has 0 bridgehead atoms. The second kappa shape index (κ2) is 7.42. The Morgan fingerprint density at radius 3 is 2.55 bits per heavy atom. The van der Waals surface area contributed by atoms with Crippen LogP contribution < -0.4 is 15.4 Å². The van der Waals surface area contributed by atoms with Crippen LogP contribution in [0.1, 0.15) is 24.2 Å². The topological polar surface area (TPSA) is 83.5 Å². The first-order chi connectivity index (χ1) is 10.6. The van der Waals surface area contributed by atoms with E-state index in [2.05, 4.69) is 15.6 Å². The molecule has 116 valence electrons. The van der Waals surface area contributed by atoms with Crippen LogP contribution in [-0.2, 0) is 6.54 Å². The number of carbonyl (C=O) groups is 1. The number of methoxy groups -OCH3 is 1. The Balaban J connectivity index is 1.84. The fourth-order valence-corrected chi connectivity index (χ4v) is 1.85. The van der Waals surface area contributed by atoms with Gasteiger partial charge in [0, 0.05) is 12.6 Å². The minimum atomic E-state index is -0.493. The van der Waals surface area contributed by atoms with Crippen LogP contribution in [0.15, 0.2) is 42.6 Å². The van der Waals surface area contributed by atoms with E-state index in [0.29, 0.717) is 18.1 Å². The third-order valence-corrected chi connectivity index (χ3v) is 3.12. The van der Waals surface area contributed by atoms with Crippen LogP contribution in [0, 0.1) is 0 Å². The number of hydrogen-bond donors (Lipinski definition) is 3. The van der Waals surface area contributed by atoms with Crippen molar-refractivity contribution in [1.29, 1.82) is 0 Å². The van der Waals surface area contributed by atoms with E-state index < -0.39 is 6.10 Å². The highest BCUT2D eigenvalue weighted by Gasteiger charge is 2.04. The van der Waals surface area contributed by atoms with Crippen molar-refractivity contribution in [2.45, 2.75) is 19.6 Å². The van der Waals surface area contributed by atoms with Crippen LogP contribution in [0.25, 0.3) is 0 Å². The Morgan fingerprint density at radius 1 is 1.27 bits per heavy atom. The minimum Gasteiger partial charge on any atom is -0.481 e. The fraction of sp³-hybridized carbons (Fsp3) is 0.250. The molecule has 0 spiro atoms. The number of nitrogens with zero attached hydrogens (tertiary/aromatic N) is 1. The van der Waals surface area contributed by atoms with Gasteiger partial charge in [-0.3, -0.25) is 0 Å². The molecule has 0 fully saturated rings. The fourth-order valence-electron chi connectivity index (χ4n) is 1.85. The summed E-state index contributed by atoms with van der Waals surface area (Å²) in [6.07, 6.45) is 1.03. The van der Waals surface area contributed by atoms with E-state index in [1.807, 2.05) is 24.3 Å². The van der Waals surface area contributed by atoms with Gasteiger partial charge in [-0.1, -0.05) is 24.3 Å². The third kappa shape index (κ3) is 4.46. The Morgan fingerprint density at radius 2 is 2.00 bits per heavy atom. The van der Waals surface area contributed by atoms with Crippen molar-refractivity contribution in [3.05, 3.63) is 53.7 Å². The van der Waals surface area contributed by atoms with Crippen molar-refractivity contribution >= 4 is 11.7 Å². The summed E-state index contributed by atoms with van der Waals surface area (Å²) in [5, 5.41) is 14.9. The molecule has 1 atom stereocenters. The highest BCUT2D eigenvalue weighted by Crippen LogP contribution is 2.13. The zero-order valence-corrected chi connectivity index (χ0v) is 12.5. The molecule has 1 aromatic carbocycles. The lowest BCUT2D eigenvalue weighted by atomic mass is 10.1. The van der Waals surface area contributed by atoms with Gasteiger partial charge in [0.15, 0.2) is 0 Å². The molecule has 6 heteroatoms. The normalized spacial score (nSPS) is 11.6. The quantitative estimate of drug-likeness (QED) is 0.792. The van der Waals surface area contributed by atoms with Gasteiger partial charge in [-0.05, 0) is 24.1 Å². The van der Waals surface area contributed by atoms with Gasteiger partial charge in [-0.25, -0.2) is 9.78 Å². The van der Waals surface area contributed by atoms with E-state index in [1.165, 1.54) is 13.3 Å². The molecule has 0 saturated carbocycles. The van der Waals surface area contributed by atoms with Crippen LogP contribution in [0.4, 0.5) is 10.5 Å². The van der Waals surface area contributed by atoms with E-state index >= 15 is 0 Å². The van der Waals surface area contributed by atoms with E-state index in [9.17, 15) is 9.90 Å². The lowest BCUT2D eigenvalue weighted by molar-refractivity contribution is 0.199. The molecule has 0 aliphatic heterocycles. The number of aliphatic hydroxyl groups excluding tert-OH is 1. The number of carbonyl (C=O) groups excluding carboxylic acids is 1. The van der Waals surface area contributed by atoms with Crippen LogP contribution in [0.3, 0.4) is 0 Å². The van der Waals surface area contributed by atoms with Gasteiger partial charge in [-0.2, -0.15) is 0 Å². The molecule has 1 aromatic heterocycles. The number of ether oxygens (including phenoxy) is 1. The summed E-state index contributed by atoms with van der Waals surface area (Å²) in [5.74, 6) is 0.490. The first-order valence-corrected chi connectivity index (χ1v) is 6.90. The predicted octanol–water partition coefficient (Wildman–Crippen LogP) is 2.47. The van der Waals surface area contributed by atoms with Gasteiger partial charge >= 0.3 is 6.03 Å². The van der Waals surface area contributed by atoms with E-state index in [0.717, 1.165) is 11.1 Å². The number of anilines is 1. The molecule has 0 radical (unpaired) electrons. The molecule has 0 aliphatic carbocycles. The number of benzene rings is 1. The maximum Gasteiger partial charge on any atom is 0.319 e. The lowest BCUT2D eigenvalue weighted by Gasteiger charge is -2.09. The van der Waals surface area contributed by atoms with Gasteiger partial charge in [-0.15, -0.1) is 0 Å². The van der Waals surface area contributed by atoms with Crippen LogP contribution in [0.2, 0.25) is 0 Å². The third-order valence-electron chi connectivity index (χ3n) is 3.12. The monoisotopic (exact) mass is 301 g/mol. The second-order valence-corrected chi connectivity index (χ2v) is 4.81. The van der Waals surface area contributed by atoms with Gasteiger partial charge in [0.05, 0.1) is 25.1 Å². The molecule has 0 aliphatic rings. The summed E-state index contributed by atoms with van der Waals surface area (Å²) in [4.78, 5) is 15.8. The molecule has 2 amide bonds. The van der Waals surface area contributed by atoms with Crippen LogP contribution in [-0.4, -0.2) is 23.2 Å². The lowest BCUT2D eigenvalue weighted by Crippen LogP contribution is -2.28. The number of nitrogens with one attached hydrogen (secondary N) is 2. The summed E-state index contributed by atoms with van der Waals surface area (Å²) < 4.78 is 4.95. The molecule has 3 N–H and O–H groups in total. The second-order valence-electron chi connectivity index (χ2n) is 4.81. The Hall–Kier alpha value is -2.60. The molecule has 2 aromatic rings. The van der Waals surface area contributed by atoms with E-state index in [4.69, 9.17) is 4.74 Å². The van der Waals surface area contributed by atoms with Crippen LogP contribution in [0.5, 0.6) is 5.88 Å². The number of amides is 2. The van der Waals surface area contributed by atoms with E-state index in [-0.39, 0.29) is 6.03 Å². The Kier molecular flexibility index (Phi) is 5.32. The van der Waals surface area contributed by atoms with Gasteiger partial charge in [0.25, 0.3) is 0 Å². The minimum absolute atomic E-state index is 0.313. The number of aromatic nitrogens is 1. The van der Waals surface area contributed by atoms with Gasteiger partial charge in [0.2, 0.25) is 5.88 Å². The summed E-state index contributed by atoms with van der Waals surface area (Å²) in [6, 6.07) is 10.5. The van der Waals surface area contributed by atoms with Crippen molar-refractivity contribution < 1.29 is 14.6 Å². The number of rotatable bonds is 5. The summed E-state index contributed by atoms with van der Waals surface area (Å²) in [5.41, 5.74) is 2.38. The zero-order chi connectivity index (χ0) is 15.9. The molecular formula is C16H19N3O3. The average molecular weight is 301 g/mol.